The van der Waals surface area contributed by atoms with Crippen molar-refractivity contribution in [3.05, 3.63) is 24.2 Å². The van der Waals surface area contributed by atoms with Crippen molar-refractivity contribution in [3.8, 4) is 0 Å². The summed E-state index contributed by atoms with van der Waals surface area (Å²) in [6.45, 7) is 3.18. The van der Waals surface area contributed by atoms with Crippen LogP contribution in [0.4, 0.5) is 0 Å². The normalized spacial score (nSPS) is 16.1. The summed E-state index contributed by atoms with van der Waals surface area (Å²) in [5, 5.41) is 0. The van der Waals surface area contributed by atoms with E-state index < -0.39 is 0 Å². The van der Waals surface area contributed by atoms with Crippen LogP contribution in [0.25, 0.3) is 0 Å². The van der Waals surface area contributed by atoms with Gasteiger partial charge in [-0.05, 0) is 19.1 Å². The molecular weight excluding hydrogens is 168 g/mol. The molecule has 1 amide bonds. The molecule has 0 saturated heterocycles. The first-order valence-corrected chi connectivity index (χ1v) is 4.15. The van der Waals surface area contributed by atoms with Crippen LogP contribution in [-0.4, -0.2) is 29.7 Å². The van der Waals surface area contributed by atoms with Gasteiger partial charge >= 0.3 is 0 Å². The van der Waals surface area contributed by atoms with E-state index in [0.29, 0.717) is 18.8 Å². The van der Waals surface area contributed by atoms with Crippen LogP contribution in [-0.2, 0) is 0 Å². The minimum Gasteiger partial charge on any atom is -0.459 e. The van der Waals surface area contributed by atoms with Crippen LogP contribution in [0.5, 0.6) is 0 Å². The lowest BCUT2D eigenvalue weighted by Crippen LogP contribution is -2.32. The van der Waals surface area contributed by atoms with Crippen LogP contribution in [0.15, 0.2) is 27.8 Å². The van der Waals surface area contributed by atoms with Gasteiger partial charge in [-0.3, -0.25) is 14.7 Å². The number of furan rings is 1. The van der Waals surface area contributed by atoms with E-state index >= 15 is 0 Å². The third-order valence-electron chi connectivity index (χ3n) is 2.03. The SMILES string of the molecule is CC1=NCCN1C(=O)c1ccco1. The van der Waals surface area contributed by atoms with Gasteiger partial charge in [-0.2, -0.15) is 0 Å². The Kier molecular flexibility index (Phi) is 1.88. The fraction of sp³-hybridized carbons (Fsp3) is 0.333. The topological polar surface area (TPSA) is 45.8 Å². The molecule has 1 aliphatic rings. The molecule has 0 aliphatic carbocycles. The highest BCUT2D eigenvalue weighted by molar-refractivity contribution is 6.04. The Bertz CT molecular complexity index is 341. The number of nitrogens with zero attached hydrogens (tertiary/aromatic N) is 2. The largest absolute Gasteiger partial charge is 0.459 e. The van der Waals surface area contributed by atoms with Gasteiger partial charge in [0.05, 0.1) is 12.8 Å². The number of amidine groups is 1. The molecule has 0 radical (unpaired) electrons. The van der Waals surface area contributed by atoms with E-state index in [1.165, 1.54) is 6.26 Å². The molecule has 2 rings (SSSR count). The molecule has 1 aliphatic heterocycles. The van der Waals surface area contributed by atoms with Gasteiger partial charge < -0.3 is 4.42 Å². The molecule has 0 bridgehead atoms. The van der Waals surface area contributed by atoms with Gasteiger partial charge in [0.2, 0.25) is 0 Å². The summed E-state index contributed by atoms with van der Waals surface area (Å²) in [5.74, 6) is 1.03. The van der Waals surface area contributed by atoms with Crippen LogP contribution in [0, 0.1) is 0 Å². The van der Waals surface area contributed by atoms with E-state index in [0.717, 1.165) is 5.84 Å². The van der Waals surface area contributed by atoms with E-state index in [1.54, 1.807) is 17.0 Å². The average molecular weight is 178 g/mol. The van der Waals surface area contributed by atoms with Crippen molar-refractivity contribution in [2.45, 2.75) is 6.92 Å². The summed E-state index contributed by atoms with van der Waals surface area (Å²) >= 11 is 0. The van der Waals surface area contributed by atoms with Crippen molar-refractivity contribution in [2.75, 3.05) is 13.1 Å². The Hall–Kier alpha value is -1.58. The van der Waals surface area contributed by atoms with Gasteiger partial charge in [-0.1, -0.05) is 0 Å². The molecule has 1 aromatic heterocycles. The molecule has 0 N–H and O–H groups in total. The summed E-state index contributed by atoms with van der Waals surface area (Å²) < 4.78 is 5.01. The lowest BCUT2D eigenvalue weighted by Gasteiger charge is -2.13. The van der Waals surface area contributed by atoms with Crippen LogP contribution in [0.2, 0.25) is 0 Å². The Morgan fingerprint density at radius 1 is 1.69 bits per heavy atom. The van der Waals surface area contributed by atoms with Crippen molar-refractivity contribution in [1.82, 2.24) is 4.90 Å². The minimum absolute atomic E-state index is 0.108. The average Bonchev–Trinajstić information content (AvgIpc) is 2.72. The summed E-state index contributed by atoms with van der Waals surface area (Å²) in [4.78, 5) is 17.4. The first kappa shape index (κ1) is 8.04. The molecule has 0 atom stereocenters. The van der Waals surface area contributed by atoms with E-state index in [-0.39, 0.29) is 5.91 Å². The maximum Gasteiger partial charge on any atom is 0.294 e. The van der Waals surface area contributed by atoms with Crippen LogP contribution >= 0.6 is 0 Å². The quantitative estimate of drug-likeness (QED) is 0.647. The fourth-order valence-corrected chi connectivity index (χ4v) is 1.34. The standard InChI is InChI=1S/C9H10N2O2/c1-7-10-4-5-11(7)9(12)8-3-2-6-13-8/h2-3,6H,4-5H2,1H3. The molecule has 1 aromatic rings. The summed E-state index contributed by atoms with van der Waals surface area (Å²) in [6.07, 6.45) is 1.50. The van der Waals surface area contributed by atoms with Gasteiger partial charge in [0.1, 0.15) is 5.84 Å². The summed E-state index contributed by atoms with van der Waals surface area (Å²) in [7, 11) is 0. The number of carbonyl (C=O) groups excluding carboxylic acids is 1. The maximum absolute atomic E-state index is 11.7. The van der Waals surface area contributed by atoms with Gasteiger partial charge in [-0.25, -0.2) is 0 Å². The van der Waals surface area contributed by atoms with Crippen LogP contribution in [0.1, 0.15) is 17.5 Å². The maximum atomic E-state index is 11.7. The third-order valence-corrected chi connectivity index (χ3v) is 2.03. The second-order valence-corrected chi connectivity index (χ2v) is 2.86. The monoisotopic (exact) mass is 178 g/mol. The second-order valence-electron chi connectivity index (χ2n) is 2.86. The lowest BCUT2D eigenvalue weighted by atomic mass is 10.4. The Morgan fingerprint density at radius 2 is 2.54 bits per heavy atom. The number of hydrogen-bond donors (Lipinski definition) is 0. The highest BCUT2D eigenvalue weighted by atomic mass is 16.3. The smallest absolute Gasteiger partial charge is 0.294 e. The van der Waals surface area contributed by atoms with Gasteiger partial charge in [0.25, 0.3) is 5.91 Å². The number of aliphatic imine (C=N–C) groups is 1. The Balaban J connectivity index is 2.19. The highest BCUT2D eigenvalue weighted by Crippen LogP contribution is 2.09. The minimum atomic E-state index is -0.108. The summed E-state index contributed by atoms with van der Waals surface area (Å²) in [6, 6.07) is 3.36. The molecule has 0 spiro atoms. The number of rotatable bonds is 1. The number of amides is 1. The highest BCUT2D eigenvalue weighted by Gasteiger charge is 2.23. The van der Waals surface area contributed by atoms with Crippen molar-refractivity contribution in [1.29, 1.82) is 0 Å². The first-order chi connectivity index (χ1) is 6.29. The van der Waals surface area contributed by atoms with E-state index in [9.17, 15) is 4.79 Å². The van der Waals surface area contributed by atoms with Gasteiger partial charge in [-0.15, -0.1) is 0 Å². The van der Waals surface area contributed by atoms with E-state index in [2.05, 4.69) is 4.99 Å². The molecule has 68 valence electrons. The predicted octanol–water partition coefficient (Wildman–Crippen LogP) is 1.15. The third kappa shape index (κ3) is 1.35. The van der Waals surface area contributed by atoms with E-state index in [1.807, 2.05) is 6.92 Å². The zero-order valence-electron chi connectivity index (χ0n) is 7.36. The molecule has 13 heavy (non-hydrogen) atoms. The van der Waals surface area contributed by atoms with Crippen molar-refractivity contribution >= 4 is 11.7 Å². The fourth-order valence-electron chi connectivity index (χ4n) is 1.34. The number of hydrogen-bond acceptors (Lipinski definition) is 3. The van der Waals surface area contributed by atoms with Crippen molar-refractivity contribution < 1.29 is 9.21 Å². The number of carbonyl (C=O) groups is 1. The van der Waals surface area contributed by atoms with Crippen LogP contribution in [0.3, 0.4) is 0 Å². The lowest BCUT2D eigenvalue weighted by molar-refractivity contribution is 0.0827. The molecule has 4 heteroatoms. The molecule has 0 unspecified atom stereocenters. The molecule has 2 heterocycles. The molecular formula is C9H10N2O2. The first-order valence-electron chi connectivity index (χ1n) is 4.15. The molecule has 0 saturated carbocycles. The van der Waals surface area contributed by atoms with Crippen molar-refractivity contribution in [3.63, 3.8) is 0 Å². The van der Waals surface area contributed by atoms with Gasteiger partial charge in [0, 0.05) is 6.54 Å². The van der Waals surface area contributed by atoms with Gasteiger partial charge in [0.15, 0.2) is 5.76 Å². The molecule has 0 fully saturated rings. The Labute approximate surface area is 75.9 Å². The molecule has 0 aromatic carbocycles. The second kappa shape index (κ2) is 3.05. The van der Waals surface area contributed by atoms with Crippen molar-refractivity contribution in [2.24, 2.45) is 4.99 Å². The van der Waals surface area contributed by atoms with Crippen LogP contribution < -0.4 is 0 Å². The predicted molar refractivity (Wildman–Crippen MR) is 47.7 cm³/mol. The molecule has 4 nitrogen and oxygen atoms in total. The van der Waals surface area contributed by atoms with E-state index in [4.69, 9.17) is 4.42 Å². The summed E-state index contributed by atoms with van der Waals surface area (Å²) in [5.41, 5.74) is 0. The zero-order chi connectivity index (χ0) is 9.26. The Morgan fingerprint density at radius 3 is 3.08 bits per heavy atom. The zero-order valence-corrected chi connectivity index (χ0v) is 7.36.